The number of hydrogen-bond donors (Lipinski definition) is 1. The van der Waals surface area contributed by atoms with Crippen LogP contribution in [-0.4, -0.2) is 48.3 Å². The molecule has 1 aliphatic heterocycles. The van der Waals surface area contributed by atoms with Gasteiger partial charge in [0.1, 0.15) is 17.5 Å². The molecule has 4 rings (SSSR count). The Labute approximate surface area is 177 Å². The number of fused-ring (bicyclic) bond motifs is 1. The van der Waals surface area contributed by atoms with Gasteiger partial charge in [-0.25, -0.2) is 10.4 Å². The first-order chi connectivity index (χ1) is 14.6. The van der Waals surface area contributed by atoms with Gasteiger partial charge in [-0.3, -0.25) is 4.79 Å². The summed E-state index contributed by atoms with van der Waals surface area (Å²) in [6.45, 7) is 2.06. The molecule has 1 amide bonds. The van der Waals surface area contributed by atoms with E-state index in [0.717, 1.165) is 42.1 Å². The number of benzene rings is 1. The highest BCUT2D eigenvalue weighted by atomic mass is 16.5. The Morgan fingerprint density at radius 1 is 1.30 bits per heavy atom. The highest BCUT2D eigenvalue weighted by Gasteiger charge is 2.41. The van der Waals surface area contributed by atoms with E-state index in [4.69, 9.17) is 9.72 Å². The van der Waals surface area contributed by atoms with Gasteiger partial charge in [0, 0.05) is 18.7 Å². The van der Waals surface area contributed by atoms with Gasteiger partial charge in [-0.15, -0.1) is 0 Å². The van der Waals surface area contributed by atoms with Gasteiger partial charge in [0.15, 0.2) is 5.82 Å². The predicted molar refractivity (Wildman–Crippen MR) is 118 cm³/mol. The van der Waals surface area contributed by atoms with Crippen LogP contribution in [-0.2, 0) is 4.79 Å². The fourth-order valence-electron chi connectivity index (χ4n) is 4.37. The van der Waals surface area contributed by atoms with Crippen molar-refractivity contribution in [2.45, 2.75) is 51.1 Å². The third-order valence-corrected chi connectivity index (χ3v) is 5.92. The molecule has 0 bridgehead atoms. The molecule has 1 aromatic carbocycles. The largest absolute Gasteiger partial charge is 0.496 e. The molecule has 8 nitrogen and oxygen atoms in total. The van der Waals surface area contributed by atoms with Crippen molar-refractivity contribution in [1.82, 2.24) is 9.97 Å². The lowest BCUT2D eigenvalue weighted by Crippen LogP contribution is -2.55. The number of amides is 1. The van der Waals surface area contributed by atoms with Crippen LogP contribution in [0.3, 0.4) is 0 Å². The number of methoxy groups -OCH3 is 1. The van der Waals surface area contributed by atoms with Crippen molar-refractivity contribution >= 4 is 29.6 Å². The van der Waals surface area contributed by atoms with Gasteiger partial charge in [0.05, 0.1) is 19.5 Å². The third kappa shape index (κ3) is 3.69. The molecule has 0 saturated heterocycles. The molecule has 1 saturated carbocycles. The molecule has 2 aliphatic rings. The molecular formula is C22H28N6O2. The zero-order valence-corrected chi connectivity index (χ0v) is 17.7. The van der Waals surface area contributed by atoms with Gasteiger partial charge >= 0.3 is 0 Å². The third-order valence-electron chi connectivity index (χ3n) is 5.92. The monoisotopic (exact) mass is 408 g/mol. The van der Waals surface area contributed by atoms with Crippen molar-refractivity contribution in [2.24, 2.45) is 5.10 Å². The minimum atomic E-state index is -0.189. The molecule has 1 aromatic heterocycles. The number of aromatic nitrogens is 2. The van der Waals surface area contributed by atoms with Gasteiger partial charge in [0.25, 0.3) is 0 Å². The number of likely N-dealkylation sites (N-methyl/N-ethyl adjacent to an activating group) is 1. The van der Waals surface area contributed by atoms with Crippen LogP contribution < -0.4 is 20.0 Å². The van der Waals surface area contributed by atoms with Crippen molar-refractivity contribution in [3.05, 3.63) is 36.0 Å². The average molecular weight is 409 g/mol. The molecule has 0 spiro atoms. The minimum absolute atomic E-state index is 0.107. The van der Waals surface area contributed by atoms with Gasteiger partial charge in [-0.2, -0.15) is 10.1 Å². The Morgan fingerprint density at radius 2 is 2.07 bits per heavy atom. The Balaban J connectivity index is 1.63. The summed E-state index contributed by atoms with van der Waals surface area (Å²) in [5.41, 5.74) is 4.53. The van der Waals surface area contributed by atoms with Crippen molar-refractivity contribution in [1.29, 1.82) is 0 Å². The number of ether oxygens (including phenoxy) is 1. The highest BCUT2D eigenvalue weighted by Crippen LogP contribution is 2.39. The molecule has 1 fully saturated rings. The van der Waals surface area contributed by atoms with Gasteiger partial charge in [-0.05, 0) is 31.4 Å². The number of anilines is 3. The summed E-state index contributed by atoms with van der Waals surface area (Å²) in [6.07, 6.45) is 8.69. The summed E-state index contributed by atoms with van der Waals surface area (Å²) in [7, 11) is 3.43. The number of nitrogens with zero attached hydrogens (tertiary/aromatic N) is 5. The molecule has 1 N–H and O–H groups in total. The van der Waals surface area contributed by atoms with Crippen LogP contribution in [0.25, 0.3) is 0 Å². The predicted octanol–water partition coefficient (Wildman–Crippen LogP) is 3.44. The lowest BCUT2D eigenvalue weighted by atomic mass is 10.0. The number of para-hydroxylation sites is 1. The van der Waals surface area contributed by atoms with Crippen LogP contribution >= 0.6 is 0 Å². The van der Waals surface area contributed by atoms with Crippen molar-refractivity contribution in [2.75, 3.05) is 29.4 Å². The summed E-state index contributed by atoms with van der Waals surface area (Å²) in [4.78, 5) is 26.0. The Hall–Kier alpha value is -3.16. The first-order valence-electron chi connectivity index (χ1n) is 10.5. The van der Waals surface area contributed by atoms with Crippen LogP contribution in [0.1, 0.15) is 44.6 Å². The molecule has 1 unspecified atom stereocenters. The zero-order valence-electron chi connectivity index (χ0n) is 17.7. The fourth-order valence-corrected chi connectivity index (χ4v) is 4.37. The quantitative estimate of drug-likeness (QED) is 0.582. The lowest BCUT2D eigenvalue weighted by Gasteiger charge is -2.43. The zero-order chi connectivity index (χ0) is 21.1. The topological polar surface area (TPSA) is 83.0 Å². The minimum Gasteiger partial charge on any atom is -0.496 e. The molecule has 2 heterocycles. The summed E-state index contributed by atoms with van der Waals surface area (Å²) >= 11 is 0. The molecule has 2 aromatic rings. The second kappa shape index (κ2) is 8.69. The van der Waals surface area contributed by atoms with Crippen molar-refractivity contribution in [3.8, 4) is 5.75 Å². The summed E-state index contributed by atoms with van der Waals surface area (Å²) < 4.78 is 5.35. The molecule has 158 valence electrons. The smallest absolute Gasteiger partial charge is 0.249 e. The van der Waals surface area contributed by atoms with Crippen molar-refractivity contribution < 1.29 is 9.53 Å². The summed E-state index contributed by atoms with van der Waals surface area (Å²) in [5.74, 6) is 2.06. The molecule has 1 atom stereocenters. The summed E-state index contributed by atoms with van der Waals surface area (Å²) in [6, 6.07) is 7.79. The fraction of sp³-hybridized carbons (Fsp3) is 0.455. The van der Waals surface area contributed by atoms with E-state index in [0.29, 0.717) is 12.0 Å². The average Bonchev–Trinajstić information content (AvgIpc) is 3.30. The molecule has 8 heteroatoms. The van der Waals surface area contributed by atoms with Gasteiger partial charge in [0.2, 0.25) is 11.9 Å². The standard InChI is InChI=1S/C22H28N6O2/c1-4-17-21(29)27(2)18-14-23-22(25-20(18)28(17)16-10-6-7-11-16)26-24-13-15-9-5-8-12-19(15)30-3/h5,8-9,12-14,16-17H,4,6-7,10-11H2,1-3H3,(H,23,25,26). The Bertz CT molecular complexity index is 941. The number of carbonyl (C=O) groups is 1. The maximum absolute atomic E-state index is 12.9. The van der Waals surface area contributed by atoms with E-state index in [1.807, 2.05) is 24.3 Å². The molecular weight excluding hydrogens is 380 g/mol. The maximum atomic E-state index is 12.9. The maximum Gasteiger partial charge on any atom is 0.249 e. The van der Waals surface area contributed by atoms with Crippen LogP contribution in [0.5, 0.6) is 5.75 Å². The number of nitrogens with one attached hydrogen (secondary N) is 1. The van der Waals surface area contributed by atoms with Crippen LogP contribution in [0.4, 0.5) is 17.5 Å². The SMILES string of the molecule is CCC1C(=O)N(C)c2cnc(NN=Cc3ccccc3OC)nc2N1C1CCCC1. The van der Waals surface area contributed by atoms with Crippen LogP contribution in [0, 0.1) is 0 Å². The number of rotatable bonds is 6. The first kappa shape index (κ1) is 20.1. The number of hydrogen-bond acceptors (Lipinski definition) is 7. The Kier molecular flexibility index (Phi) is 5.83. The number of hydrazone groups is 1. The summed E-state index contributed by atoms with van der Waals surface area (Å²) in [5, 5.41) is 4.29. The molecule has 0 radical (unpaired) electrons. The molecule has 30 heavy (non-hydrogen) atoms. The normalized spacial score (nSPS) is 19.4. The van der Waals surface area contributed by atoms with E-state index in [-0.39, 0.29) is 11.9 Å². The lowest BCUT2D eigenvalue weighted by molar-refractivity contribution is -0.120. The first-order valence-corrected chi connectivity index (χ1v) is 10.5. The van der Waals surface area contributed by atoms with Crippen LogP contribution in [0.2, 0.25) is 0 Å². The van der Waals surface area contributed by atoms with Crippen LogP contribution in [0.15, 0.2) is 35.6 Å². The van der Waals surface area contributed by atoms with E-state index in [1.54, 1.807) is 31.5 Å². The van der Waals surface area contributed by atoms with E-state index < -0.39 is 0 Å². The van der Waals surface area contributed by atoms with Crippen molar-refractivity contribution in [3.63, 3.8) is 0 Å². The van der Waals surface area contributed by atoms with E-state index >= 15 is 0 Å². The van der Waals surface area contributed by atoms with Gasteiger partial charge < -0.3 is 14.5 Å². The molecule has 1 aliphatic carbocycles. The highest BCUT2D eigenvalue weighted by molar-refractivity contribution is 6.04. The van der Waals surface area contributed by atoms with Gasteiger partial charge in [-0.1, -0.05) is 31.9 Å². The Morgan fingerprint density at radius 3 is 2.80 bits per heavy atom. The van der Waals surface area contributed by atoms with E-state index in [9.17, 15) is 4.79 Å². The number of carbonyl (C=O) groups excluding carboxylic acids is 1. The van der Waals surface area contributed by atoms with E-state index in [2.05, 4.69) is 27.3 Å². The second-order valence-electron chi connectivity index (χ2n) is 7.68. The second-order valence-corrected chi connectivity index (χ2v) is 7.68. The van der Waals surface area contributed by atoms with E-state index in [1.165, 1.54) is 12.8 Å².